The van der Waals surface area contributed by atoms with Gasteiger partial charge in [-0.05, 0) is 68.8 Å². The maximum absolute atomic E-state index is 12.1. The first-order valence-electron chi connectivity index (χ1n) is 9.64. The molecule has 0 spiro atoms. The van der Waals surface area contributed by atoms with Crippen LogP contribution in [-0.2, 0) is 14.3 Å². The normalized spacial score (nSPS) is 11.0. The van der Waals surface area contributed by atoms with Gasteiger partial charge in [-0.25, -0.2) is 4.79 Å². The lowest BCUT2D eigenvalue weighted by molar-refractivity contribution is -0.115. The lowest BCUT2D eigenvalue weighted by atomic mass is 10.2. The molecule has 164 valence electrons. The molecule has 0 saturated heterocycles. The summed E-state index contributed by atoms with van der Waals surface area (Å²) in [4.78, 5) is 35.6. The molecule has 2 aromatic carbocycles. The van der Waals surface area contributed by atoms with E-state index in [4.69, 9.17) is 9.47 Å². The molecule has 0 atom stereocenters. The summed E-state index contributed by atoms with van der Waals surface area (Å²) in [6.07, 6.45) is 2.46. The Morgan fingerprint density at radius 3 is 2.03 bits per heavy atom. The van der Waals surface area contributed by atoms with Crippen molar-refractivity contribution in [2.75, 3.05) is 24.3 Å². The van der Waals surface area contributed by atoms with Crippen LogP contribution in [0.1, 0.15) is 26.3 Å². The van der Waals surface area contributed by atoms with E-state index >= 15 is 0 Å². The molecule has 2 rings (SSSR count). The van der Waals surface area contributed by atoms with Crippen LogP contribution in [0.15, 0.2) is 54.6 Å². The smallest absolute Gasteiger partial charge is 0.408 e. The quantitative estimate of drug-likeness (QED) is 0.585. The molecule has 3 amide bonds. The van der Waals surface area contributed by atoms with Crippen LogP contribution in [0.2, 0.25) is 0 Å². The number of alkyl carbamates (subject to hydrolysis) is 1. The van der Waals surface area contributed by atoms with Crippen molar-refractivity contribution in [1.29, 1.82) is 0 Å². The number of ether oxygens (including phenoxy) is 2. The van der Waals surface area contributed by atoms with E-state index in [-0.39, 0.29) is 12.5 Å². The molecule has 3 N–H and O–H groups in total. The van der Waals surface area contributed by atoms with Crippen LogP contribution in [0.5, 0.6) is 5.75 Å². The average Bonchev–Trinajstić information content (AvgIpc) is 2.71. The van der Waals surface area contributed by atoms with Gasteiger partial charge in [0.15, 0.2) is 0 Å². The Labute approximate surface area is 181 Å². The first-order chi connectivity index (χ1) is 14.6. The summed E-state index contributed by atoms with van der Waals surface area (Å²) in [7, 11) is 1.59. The fraction of sp³-hybridized carbons (Fsp3) is 0.261. The fourth-order valence-electron chi connectivity index (χ4n) is 2.38. The standard InChI is InChI=1S/C23H27N3O5/c1-23(2,3)31-22(29)24-15-21(28)26-18-10-8-17(9-11-18)25-20(27)14-7-16-5-12-19(30-4)13-6-16/h5-14H,15H2,1-4H3,(H,24,29)(H,25,27)(H,26,28)/b14-7+. The van der Waals surface area contributed by atoms with Gasteiger partial charge in [-0.2, -0.15) is 0 Å². The summed E-state index contributed by atoms with van der Waals surface area (Å²) in [6.45, 7) is 5.00. The van der Waals surface area contributed by atoms with Crippen LogP contribution in [0.3, 0.4) is 0 Å². The first kappa shape index (κ1) is 23.5. The van der Waals surface area contributed by atoms with Crippen molar-refractivity contribution in [3.8, 4) is 5.75 Å². The largest absolute Gasteiger partial charge is 0.497 e. The van der Waals surface area contributed by atoms with Crippen LogP contribution in [0.25, 0.3) is 6.08 Å². The maximum atomic E-state index is 12.1. The highest BCUT2D eigenvalue weighted by Crippen LogP contribution is 2.15. The molecule has 0 unspecified atom stereocenters. The minimum atomic E-state index is -0.664. The third-order valence-corrected chi connectivity index (χ3v) is 3.77. The van der Waals surface area contributed by atoms with Gasteiger partial charge in [0.25, 0.3) is 0 Å². The van der Waals surface area contributed by atoms with Crippen molar-refractivity contribution < 1.29 is 23.9 Å². The van der Waals surface area contributed by atoms with Gasteiger partial charge in [0.05, 0.1) is 7.11 Å². The lowest BCUT2D eigenvalue weighted by Crippen LogP contribution is -2.37. The third-order valence-electron chi connectivity index (χ3n) is 3.77. The SMILES string of the molecule is COc1ccc(/C=C/C(=O)Nc2ccc(NC(=O)CNC(=O)OC(C)(C)C)cc2)cc1. The predicted molar refractivity (Wildman–Crippen MR) is 120 cm³/mol. The van der Waals surface area contributed by atoms with Gasteiger partial charge >= 0.3 is 6.09 Å². The van der Waals surface area contributed by atoms with E-state index in [0.29, 0.717) is 11.4 Å². The number of carbonyl (C=O) groups excluding carboxylic acids is 3. The van der Waals surface area contributed by atoms with Crippen LogP contribution >= 0.6 is 0 Å². The molecule has 8 nitrogen and oxygen atoms in total. The predicted octanol–water partition coefficient (Wildman–Crippen LogP) is 3.81. The van der Waals surface area contributed by atoms with E-state index in [2.05, 4.69) is 16.0 Å². The van der Waals surface area contributed by atoms with E-state index in [0.717, 1.165) is 11.3 Å². The number of carbonyl (C=O) groups is 3. The number of hydrogen-bond acceptors (Lipinski definition) is 5. The van der Waals surface area contributed by atoms with Crippen LogP contribution < -0.4 is 20.7 Å². The minimum absolute atomic E-state index is 0.219. The highest BCUT2D eigenvalue weighted by molar-refractivity contribution is 6.02. The molecule has 0 radical (unpaired) electrons. The van der Waals surface area contributed by atoms with Gasteiger partial charge in [0.1, 0.15) is 17.9 Å². The highest BCUT2D eigenvalue weighted by atomic mass is 16.6. The molecule has 0 aliphatic heterocycles. The van der Waals surface area contributed by atoms with E-state index in [1.54, 1.807) is 58.2 Å². The van der Waals surface area contributed by atoms with E-state index in [9.17, 15) is 14.4 Å². The molecule has 0 bridgehead atoms. The number of hydrogen-bond donors (Lipinski definition) is 3. The first-order valence-corrected chi connectivity index (χ1v) is 9.64. The zero-order chi connectivity index (χ0) is 22.9. The van der Waals surface area contributed by atoms with E-state index in [1.165, 1.54) is 6.08 Å². The minimum Gasteiger partial charge on any atom is -0.497 e. The summed E-state index contributed by atoms with van der Waals surface area (Å²) in [6, 6.07) is 13.9. The second kappa shape index (κ2) is 10.8. The van der Waals surface area contributed by atoms with Crippen molar-refractivity contribution in [2.45, 2.75) is 26.4 Å². The number of rotatable bonds is 7. The van der Waals surface area contributed by atoms with Gasteiger partial charge in [-0.1, -0.05) is 12.1 Å². The van der Waals surface area contributed by atoms with Gasteiger partial charge < -0.3 is 25.4 Å². The Morgan fingerprint density at radius 1 is 0.903 bits per heavy atom. The lowest BCUT2D eigenvalue weighted by Gasteiger charge is -2.19. The molecule has 0 aliphatic rings. The van der Waals surface area contributed by atoms with E-state index in [1.807, 2.05) is 24.3 Å². The molecular weight excluding hydrogens is 398 g/mol. The summed E-state index contributed by atoms with van der Waals surface area (Å²) < 4.78 is 10.2. The molecule has 0 aliphatic carbocycles. The molecular formula is C23H27N3O5. The van der Waals surface area contributed by atoms with E-state index < -0.39 is 17.6 Å². The number of nitrogens with one attached hydrogen (secondary N) is 3. The van der Waals surface area contributed by atoms with Crippen molar-refractivity contribution in [3.05, 3.63) is 60.2 Å². The van der Waals surface area contributed by atoms with Gasteiger partial charge in [-0.3, -0.25) is 9.59 Å². The van der Waals surface area contributed by atoms with Crippen LogP contribution in [-0.4, -0.2) is 37.2 Å². The summed E-state index contributed by atoms with van der Waals surface area (Å²) in [5, 5.41) is 7.78. The average molecular weight is 425 g/mol. The molecule has 8 heteroatoms. The Hall–Kier alpha value is -3.81. The Kier molecular flexibility index (Phi) is 8.19. The second-order valence-corrected chi connectivity index (χ2v) is 7.58. The third kappa shape index (κ3) is 9.03. The highest BCUT2D eigenvalue weighted by Gasteiger charge is 2.16. The summed E-state index contributed by atoms with van der Waals surface area (Å²) in [5.41, 5.74) is 1.34. The maximum Gasteiger partial charge on any atom is 0.408 e. The molecule has 31 heavy (non-hydrogen) atoms. The van der Waals surface area contributed by atoms with Gasteiger partial charge in [-0.15, -0.1) is 0 Å². The Morgan fingerprint density at radius 2 is 1.48 bits per heavy atom. The zero-order valence-electron chi connectivity index (χ0n) is 18.0. The number of benzene rings is 2. The molecule has 0 heterocycles. The van der Waals surface area contributed by atoms with Crippen molar-refractivity contribution in [3.63, 3.8) is 0 Å². The van der Waals surface area contributed by atoms with Crippen molar-refractivity contribution in [1.82, 2.24) is 5.32 Å². The molecule has 0 fully saturated rings. The Bertz CT molecular complexity index is 929. The van der Waals surface area contributed by atoms with Gasteiger partial charge in [0, 0.05) is 17.5 Å². The summed E-state index contributed by atoms with van der Waals surface area (Å²) in [5.74, 6) is 0.0636. The zero-order valence-corrected chi connectivity index (χ0v) is 18.0. The van der Waals surface area contributed by atoms with Crippen molar-refractivity contribution >= 4 is 35.4 Å². The van der Waals surface area contributed by atoms with Crippen LogP contribution in [0.4, 0.5) is 16.2 Å². The molecule has 0 aromatic heterocycles. The topological polar surface area (TPSA) is 106 Å². The summed E-state index contributed by atoms with van der Waals surface area (Å²) >= 11 is 0. The van der Waals surface area contributed by atoms with Gasteiger partial charge in [0.2, 0.25) is 11.8 Å². The number of anilines is 2. The second-order valence-electron chi connectivity index (χ2n) is 7.58. The Balaban J connectivity index is 1.80. The monoisotopic (exact) mass is 425 g/mol. The van der Waals surface area contributed by atoms with Crippen LogP contribution in [0, 0.1) is 0 Å². The molecule has 2 aromatic rings. The van der Waals surface area contributed by atoms with Crippen molar-refractivity contribution in [2.24, 2.45) is 0 Å². The fourth-order valence-corrected chi connectivity index (χ4v) is 2.38. The molecule has 0 saturated carbocycles. The number of methoxy groups -OCH3 is 1. The number of amides is 3.